The van der Waals surface area contributed by atoms with Crippen LogP contribution in [0, 0.1) is 5.92 Å². The number of nitrogens with zero attached hydrogens (tertiary/aromatic N) is 1. The van der Waals surface area contributed by atoms with Gasteiger partial charge in [0.15, 0.2) is 0 Å². The fraction of sp³-hybridized carbons (Fsp3) is 0.800. The first-order valence-corrected chi connectivity index (χ1v) is 5.90. The number of amides is 1. The summed E-state index contributed by atoms with van der Waals surface area (Å²) in [5.74, 6) is -2.21. The Kier molecular flexibility index (Phi) is 7.15. The van der Waals surface area contributed by atoms with E-state index in [9.17, 15) is 18.0 Å². The second kappa shape index (κ2) is 7.52. The molecule has 0 spiro atoms. The minimum Gasteiger partial charge on any atom is -0.393 e. The first-order chi connectivity index (χ1) is 8.18. The zero-order valence-corrected chi connectivity index (χ0v) is 11.2. The molecule has 0 aromatic heterocycles. The van der Waals surface area contributed by atoms with Gasteiger partial charge in [-0.25, -0.2) is 0 Å². The van der Waals surface area contributed by atoms with Crippen LogP contribution >= 0.6 is 12.2 Å². The Labute approximate surface area is 110 Å². The molecule has 0 aliphatic heterocycles. The number of carbonyl (C=O) groups excluding carboxylic acids is 1. The highest BCUT2D eigenvalue weighted by molar-refractivity contribution is 7.80. The molecular weight excluding hydrogens is 267 g/mol. The molecule has 0 aromatic carbocycles. The Morgan fingerprint density at radius 3 is 2.44 bits per heavy atom. The van der Waals surface area contributed by atoms with E-state index >= 15 is 0 Å². The number of carbonyl (C=O) groups is 1. The maximum absolute atomic E-state index is 12.6. The molecule has 1 atom stereocenters. The fourth-order valence-electron chi connectivity index (χ4n) is 1.30. The number of hydrogen-bond donors (Lipinski definition) is 2. The molecule has 0 saturated carbocycles. The standard InChI is InChI=1S/C10H18F3N3OS/c1-3-4-15-8(17)6-16(2)5-7(9(14)18)10(11,12)13/h7H,3-6H2,1-2H3,(H2,14,18)(H,15,17). The van der Waals surface area contributed by atoms with Crippen LogP contribution in [-0.4, -0.2) is 48.7 Å². The van der Waals surface area contributed by atoms with Gasteiger partial charge in [-0.2, -0.15) is 13.2 Å². The normalized spacial score (nSPS) is 13.4. The molecule has 1 amide bonds. The van der Waals surface area contributed by atoms with Crippen molar-refractivity contribution in [2.75, 3.05) is 26.7 Å². The molecule has 4 nitrogen and oxygen atoms in total. The molecule has 0 bridgehead atoms. The molecule has 0 aliphatic rings. The minimum absolute atomic E-state index is 0.116. The van der Waals surface area contributed by atoms with Gasteiger partial charge in [-0.1, -0.05) is 19.1 Å². The van der Waals surface area contributed by atoms with Crippen molar-refractivity contribution in [3.05, 3.63) is 0 Å². The zero-order valence-electron chi connectivity index (χ0n) is 10.4. The first-order valence-electron chi connectivity index (χ1n) is 5.49. The van der Waals surface area contributed by atoms with Crippen LogP contribution in [-0.2, 0) is 4.79 Å². The summed E-state index contributed by atoms with van der Waals surface area (Å²) in [5, 5.41) is 2.58. The van der Waals surface area contributed by atoms with E-state index in [0.29, 0.717) is 6.54 Å². The molecule has 106 valence electrons. The Hall–Kier alpha value is -0.890. The number of nitrogens with one attached hydrogen (secondary N) is 1. The molecule has 0 rings (SSSR count). The molecular formula is C10H18F3N3OS. The van der Waals surface area contributed by atoms with Gasteiger partial charge in [-0.15, -0.1) is 0 Å². The quantitative estimate of drug-likeness (QED) is 0.683. The lowest BCUT2D eigenvalue weighted by Crippen LogP contribution is -2.45. The van der Waals surface area contributed by atoms with Crippen LogP contribution in [0.15, 0.2) is 0 Å². The highest BCUT2D eigenvalue weighted by Crippen LogP contribution is 2.27. The summed E-state index contributed by atoms with van der Waals surface area (Å²) in [5.41, 5.74) is 5.07. The van der Waals surface area contributed by atoms with E-state index in [2.05, 4.69) is 17.5 Å². The molecule has 0 fully saturated rings. The van der Waals surface area contributed by atoms with Gasteiger partial charge in [0.05, 0.1) is 11.5 Å². The Morgan fingerprint density at radius 2 is 2.06 bits per heavy atom. The van der Waals surface area contributed by atoms with Crippen molar-refractivity contribution in [3.63, 3.8) is 0 Å². The van der Waals surface area contributed by atoms with Crippen LogP contribution in [0.4, 0.5) is 13.2 Å². The molecule has 0 heterocycles. The SMILES string of the molecule is CCCNC(=O)CN(C)CC(C(N)=S)C(F)(F)F. The second-order valence-electron chi connectivity index (χ2n) is 4.04. The lowest BCUT2D eigenvalue weighted by atomic mass is 10.1. The maximum Gasteiger partial charge on any atom is 0.399 e. The molecule has 0 aliphatic carbocycles. The largest absolute Gasteiger partial charge is 0.399 e. The topological polar surface area (TPSA) is 58.4 Å². The van der Waals surface area contributed by atoms with Crippen molar-refractivity contribution in [3.8, 4) is 0 Å². The van der Waals surface area contributed by atoms with Crippen LogP contribution in [0.25, 0.3) is 0 Å². The van der Waals surface area contributed by atoms with Gasteiger partial charge in [0.1, 0.15) is 5.92 Å². The summed E-state index contributed by atoms with van der Waals surface area (Å²) in [6.45, 7) is 1.86. The van der Waals surface area contributed by atoms with Gasteiger partial charge in [-0.05, 0) is 13.5 Å². The van der Waals surface area contributed by atoms with Gasteiger partial charge in [0, 0.05) is 13.1 Å². The van der Waals surface area contributed by atoms with Gasteiger partial charge < -0.3 is 11.1 Å². The van der Waals surface area contributed by atoms with Crippen LogP contribution in [0.3, 0.4) is 0 Å². The number of likely N-dealkylation sites (N-methyl/N-ethyl adjacent to an activating group) is 1. The van der Waals surface area contributed by atoms with Gasteiger partial charge in [-0.3, -0.25) is 9.69 Å². The average Bonchev–Trinajstić information content (AvgIpc) is 2.21. The zero-order chi connectivity index (χ0) is 14.3. The monoisotopic (exact) mass is 285 g/mol. The van der Waals surface area contributed by atoms with Crippen LogP contribution in [0.2, 0.25) is 0 Å². The van der Waals surface area contributed by atoms with Crippen molar-refractivity contribution in [2.24, 2.45) is 11.7 Å². The predicted molar refractivity (Wildman–Crippen MR) is 67.1 cm³/mol. The molecule has 8 heteroatoms. The average molecular weight is 285 g/mol. The molecule has 18 heavy (non-hydrogen) atoms. The van der Waals surface area contributed by atoms with E-state index in [4.69, 9.17) is 5.73 Å². The summed E-state index contributed by atoms with van der Waals surface area (Å²) in [7, 11) is 1.42. The van der Waals surface area contributed by atoms with Crippen LogP contribution in [0.5, 0.6) is 0 Å². The molecule has 0 saturated heterocycles. The summed E-state index contributed by atoms with van der Waals surface area (Å²) in [6, 6.07) is 0. The van der Waals surface area contributed by atoms with Crippen molar-refractivity contribution < 1.29 is 18.0 Å². The maximum atomic E-state index is 12.6. The van der Waals surface area contributed by atoms with E-state index in [1.54, 1.807) is 0 Å². The molecule has 0 radical (unpaired) electrons. The number of nitrogens with two attached hydrogens (primary N) is 1. The van der Waals surface area contributed by atoms with Crippen molar-refractivity contribution in [1.29, 1.82) is 0 Å². The third-order valence-electron chi connectivity index (χ3n) is 2.22. The number of rotatable bonds is 7. The third-order valence-corrected chi connectivity index (χ3v) is 2.50. The van der Waals surface area contributed by atoms with E-state index in [1.807, 2.05) is 6.92 Å². The first kappa shape index (κ1) is 17.1. The van der Waals surface area contributed by atoms with Crippen molar-refractivity contribution >= 4 is 23.1 Å². The third kappa shape index (κ3) is 6.75. The lowest BCUT2D eigenvalue weighted by molar-refractivity contribution is -0.159. The number of thiocarbonyl (C=S) groups is 1. The van der Waals surface area contributed by atoms with Gasteiger partial charge in [0.25, 0.3) is 0 Å². The number of alkyl halides is 3. The smallest absolute Gasteiger partial charge is 0.393 e. The molecule has 3 N–H and O–H groups in total. The number of hydrogen-bond acceptors (Lipinski definition) is 3. The van der Waals surface area contributed by atoms with Gasteiger partial charge in [0.2, 0.25) is 5.91 Å². The minimum atomic E-state index is -4.49. The summed E-state index contributed by atoms with van der Waals surface area (Å²) in [6.07, 6.45) is -3.71. The van der Waals surface area contributed by atoms with Crippen LogP contribution in [0.1, 0.15) is 13.3 Å². The summed E-state index contributed by atoms with van der Waals surface area (Å²) in [4.78, 5) is 12.0. The molecule has 1 unspecified atom stereocenters. The summed E-state index contributed by atoms with van der Waals surface area (Å²) >= 11 is 4.40. The van der Waals surface area contributed by atoms with Crippen molar-refractivity contribution in [1.82, 2.24) is 10.2 Å². The van der Waals surface area contributed by atoms with Crippen LogP contribution < -0.4 is 11.1 Å². The van der Waals surface area contributed by atoms with E-state index in [1.165, 1.54) is 11.9 Å². The highest BCUT2D eigenvalue weighted by atomic mass is 32.1. The lowest BCUT2D eigenvalue weighted by Gasteiger charge is -2.24. The Bertz CT molecular complexity index is 297. The molecule has 0 aromatic rings. The summed E-state index contributed by atoms with van der Waals surface area (Å²) < 4.78 is 37.7. The van der Waals surface area contributed by atoms with Gasteiger partial charge >= 0.3 is 6.18 Å². The van der Waals surface area contributed by atoms with E-state index in [0.717, 1.165) is 6.42 Å². The fourth-order valence-corrected chi connectivity index (χ4v) is 1.50. The Morgan fingerprint density at radius 1 is 1.50 bits per heavy atom. The Balaban J connectivity index is 4.31. The predicted octanol–water partition coefficient (Wildman–Crippen LogP) is 0.909. The highest BCUT2D eigenvalue weighted by Gasteiger charge is 2.42. The van der Waals surface area contributed by atoms with Crippen molar-refractivity contribution in [2.45, 2.75) is 19.5 Å². The number of halogens is 3. The van der Waals surface area contributed by atoms with E-state index in [-0.39, 0.29) is 12.5 Å². The second-order valence-corrected chi connectivity index (χ2v) is 4.51. The van der Waals surface area contributed by atoms with E-state index < -0.39 is 23.6 Å².